The first kappa shape index (κ1) is 14.1. The number of benzene rings is 1. The van der Waals surface area contributed by atoms with Gasteiger partial charge in [0, 0.05) is 0 Å². The summed E-state index contributed by atoms with van der Waals surface area (Å²) in [5.41, 5.74) is 0.920. The molecule has 0 saturated heterocycles. The molecule has 0 spiro atoms. The van der Waals surface area contributed by atoms with Crippen LogP contribution >= 0.6 is 22.9 Å². The van der Waals surface area contributed by atoms with E-state index in [1.54, 1.807) is 0 Å². The Hall–Kier alpha value is -1.86. The minimum atomic E-state index is -0.304. The highest BCUT2D eigenvalue weighted by Gasteiger charge is 2.18. The molecule has 1 aromatic heterocycles. The predicted octanol–water partition coefficient (Wildman–Crippen LogP) is 2.45. The van der Waals surface area contributed by atoms with Crippen molar-refractivity contribution in [1.82, 2.24) is 15.5 Å². The van der Waals surface area contributed by atoms with Gasteiger partial charge in [0.15, 0.2) is 11.5 Å². The van der Waals surface area contributed by atoms with Gasteiger partial charge < -0.3 is 14.8 Å². The lowest BCUT2D eigenvalue weighted by atomic mass is 10.1. The molecular weight excluding hydrogens is 314 g/mol. The van der Waals surface area contributed by atoms with E-state index in [1.165, 1.54) is 0 Å². The summed E-state index contributed by atoms with van der Waals surface area (Å²) >= 11 is 6.71. The van der Waals surface area contributed by atoms with Crippen molar-refractivity contribution in [3.8, 4) is 11.5 Å². The van der Waals surface area contributed by atoms with Crippen LogP contribution in [0.1, 0.15) is 28.3 Å². The Bertz CT molecular complexity index is 676. The fourth-order valence-electron chi connectivity index (χ4n) is 1.97. The van der Waals surface area contributed by atoms with Crippen molar-refractivity contribution in [3.63, 3.8) is 0 Å². The van der Waals surface area contributed by atoms with Gasteiger partial charge in [-0.2, -0.15) is 0 Å². The smallest absolute Gasteiger partial charge is 0.282 e. The van der Waals surface area contributed by atoms with E-state index in [-0.39, 0.29) is 21.4 Å². The highest BCUT2D eigenvalue weighted by Crippen LogP contribution is 2.32. The minimum absolute atomic E-state index is 0.198. The van der Waals surface area contributed by atoms with Crippen molar-refractivity contribution >= 4 is 28.8 Å². The quantitative estimate of drug-likeness (QED) is 0.938. The standard InChI is InChI=1S/C13H12ClN3O3S/c1-7(15-11(18)12-16-17-13(14)21-12)8-2-3-9-10(6-8)20-5-4-19-9/h2-3,6-7H,4-5H2,1H3,(H,15,18). The van der Waals surface area contributed by atoms with E-state index in [0.717, 1.165) is 22.6 Å². The maximum Gasteiger partial charge on any atom is 0.282 e. The van der Waals surface area contributed by atoms with Gasteiger partial charge >= 0.3 is 0 Å². The van der Waals surface area contributed by atoms with E-state index in [9.17, 15) is 4.79 Å². The lowest BCUT2D eigenvalue weighted by Gasteiger charge is -2.20. The molecule has 1 aliphatic heterocycles. The second kappa shape index (κ2) is 5.87. The van der Waals surface area contributed by atoms with Crippen molar-refractivity contribution in [1.29, 1.82) is 0 Å². The SMILES string of the molecule is CC(NC(=O)c1nnc(Cl)s1)c1ccc2c(c1)OCCO2. The molecule has 1 N–H and O–H groups in total. The molecule has 1 amide bonds. The molecular formula is C13H12ClN3O3S. The third-order valence-electron chi connectivity index (χ3n) is 3.01. The first-order valence-corrected chi connectivity index (χ1v) is 7.52. The Morgan fingerprint density at radius 1 is 1.33 bits per heavy atom. The topological polar surface area (TPSA) is 73.3 Å². The number of amides is 1. The Morgan fingerprint density at radius 2 is 2.10 bits per heavy atom. The maximum absolute atomic E-state index is 12.0. The number of carbonyl (C=O) groups is 1. The fraction of sp³-hybridized carbons (Fsp3) is 0.308. The summed E-state index contributed by atoms with van der Waals surface area (Å²) in [6, 6.07) is 5.41. The second-order valence-electron chi connectivity index (χ2n) is 4.46. The molecule has 0 radical (unpaired) electrons. The van der Waals surface area contributed by atoms with E-state index in [2.05, 4.69) is 15.5 Å². The molecule has 0 saturated carbocycles. The molecule has 110 valence electrons. The van der Waals surface area contributed by atoms with Gasteiger partial charge in [0.05, 0.1) is 6.04 Å². The van der Waals surface area contributed by atoms with Gasteiger partial charge in [-0.3, -0.25) is 4.79 Å². The fourth-order valence-corrected chi connectivity index (χ4v) is 2.70. The van der Waals surface area contributed by atoms with Gasteiger partial charge in [0.2, 0.25) is 9.47 Å². The summed E-state index contributed by atoms with van der Waals surface area (Å²) in [7, 11) is 0. The third-order valence-corrected chi connectivity index (χ3v) is 4.03. The van der Waals surface area contributed by atoms with Crippen LogP contribution in [-0.2, 0) is 0 Å². The van der Waals surface area contributed by atoms with Crippen LogP contribution in [0.25, 0.3) is 0 Å². The molecule has 6 nitrogen and oxygen atoms in total. The first-order chi connectivity index (χ1) is 10.1. The molecule has 1 atom stereocenters. The van der Waals surface area contributed by atoms with Crippen LogP contribution in [0.15, 0.2) is 18.2 Å². The Balaban J connectivity index is 1.73. The van der Waals surface area contributed by atoms with Gasteiger partial charge in [-0.1, -0.05) is 17.4 Å². The number of aromatic nitrogens is 2. The van der Waals surface area contributed by atoms with E-state index in [4.69, 9.17) is 21.1 Å². The Labute approximate surface area is 130 Å². The molecule has 0 aliphatic carbocycles. The van der Waals surface area contributed by atoms with Gasteiger partial charge in [0.25, 0.3) is 5.91 Å². The molecule has 2 heterocycles. The lowest BCUT2D eigenvalue weighted by Crippen LogP contribution is -2.26. The Kier molecular flexibility index (Phi) is 3.94. The van der Waals surface area contributed by atoms with Crippen molar-refractivity contribution in [3.05, 3.63) is 33.2 Å². The van der Waals surface area contributed by atoms with Crippen LogP contribution < -0.4 is 14.8 Å². The number of fused-ring (bicyclic) bond motifs is 1. The number of hydrogen-bond donors (Lipinski definition) is 1. The summed E-state index contributed by atoms with van der Waals surface area (Å²) in [4.78, 5) is 12.0. The van der Waals surface area contributed by atoms with Gasteiger partial charge in [-0.05, 0) is 36.2 Å². The van der Waals surface area contributed by atoms with Crippen LogP contribution in [0.2, 0.25) is 4.47 Å². The van der Waals surface area contributed by atoms with Crippen LogP contribution in [0.5, 0.6) is 11.5 Å². The number of nitrogens with zero attached hydrogens (tertiary/aromatic N) is 2. The highest BCUT2D eigenvalue weighted by molar-refractivity contribution is 7.17. The second-order valence-corrected chi connectivity index (χ2v) is 6.02. The number of hydrogen-bond acceptors (Lipinski definition) is 6. The van der Waals surface area contributed by atoms with Crippen molar-refractivity contribution in [2.24, 2.45) is 0 Å². The van der Waals surface area contributed by atoms with E-state index < -0.39 is 0 Å². The highest BCUT2D eigenvalue weighted by atomic mass is 35.5. The Morgan fingerprint density at radius 3 is 2.81 bits per heavy atom. The average molecular weight is 326 g/mol. The molecule has 1 aromatic carbocycles. The summed E-state index contributed by atoms with van der Waals surface area (Å²) in [6.45, 7) is 2.96. The molecule has 2 aromatic rings. The van der Waals surface area contributed by atoms with Crippen molar-refractivity contribution < 1.29 is 14.3 Å². The van der Waals surface area contributed by atoms with Gasteiger partial charge in [-0.25, -0.2) is 0 Å². The normalized spacial score (nSPS) is 14.6. The predicted molar refractivity (Wildman–Crippen MR) is 78.2 cm³/mol. The van der Waals surface area contributed by atoms with Gasteiger partial charge in [0.1, 0.15) is 13.2 Å². The summed E-state index contributed by atoms with van der Waals surface area (Å²) in [5, 5.41) is 10.4. The number of carbonyl (C=O) groups excluding carboxylic acids is 1. The monoisotopic (exact) mass is 325 g/mol. The van der Waals surface area contributed by atoms with Crippen LogP contribution in [0, 0.1) is 0 Å². The van der Waals surface area contributed by atoms with E-state index >= 15 is 0 Å². The van der Waals surface area contributed by atoms with Crippen LogP contribution in [0.3, 0.4) is 0 Å². The molecule has 21 heavy (non-hydrogen) atoms. The zero-order valence-corrected chi connectivity index (χ0v) is 12.7. The molecule has 8 heteroatoms. The largest absolute Gasteiger partial charge is 0.486 e. The van der Waals surface area contributed by atoms with E-state index in [0.29, 0.717) is 19.0 Å². The average Bonchev–Trinajstić information content (AvgIpc) is 2.93. The van der Waals surface area contributed by atoms with Crippen molar-refractivity contribution in [2.45, 2.75) is 13.0 Å². The molecule has 1 aliphatic rings. The molecule has 0 bridgehead atoms. The zero-order chi connectivity index (χ0) is 14.8. The minimum Gasteiger partial charge on any atom is -0.486 e. The zero-order valence-electron chi connectivity index (χ0n) is 11.1. The van der Waals surface area contributed by atoms with Crippen LogP contribution in [-0.4, -0.2) is 29.3 Å². The third kappa shape index (κ3) is 3.08. The number of ether oxygens (including phenoxy) is 2. The first-order valence-electron chi connectivity index (χ1n) is 6.33. The number of rotatable bonds is 3. The summed E-state index contributed by atoms with van der Waals surface area (Å²) in [6.07, 6.45) is 0. The number of halogens is 1. The summed E-state index contributed by atoms with van der Waals surface area (Å²) in [5.74, 6) is 1.11. The number of nitrogens with one attached hydrogen (secondary N) is 1. The maximum atomic E-state index is 12.0. The summed E-state index contributed by atoms with van der Waals surface area (Å²) < 4.78 is 11.2. The molecule has 0 fully saturated rings. The lowest BCUT2D eigenvalue weighted by molar-refractivity contribution is 0.0938. The van der Waals surface area contributed by atoms with Gasteiger partial charge in [-0.15, -0.1) is 10.2 Å². The molecule has 3 rings (SSSR count). The molecule has 1 unspecified atom stereocenters. The van der Waals surface area contributed by atoms with Crippen LogP contribution in [0.4, 0.5) is 0 Å². The van der Waals surface area contributed by atoms with E-state index in [1.807, 2.05) is 25.1 Å². The van der Waals surface area contributed by atoms with Crippen molar-refractivity contribution in [2.75, 3.05) is 13.2 Å².